The van der Waals surface area contributed by atoms with Gasteiger partial charge in [-0.25, -0.2) is 4.98 Å². The van der Waals surface area contributed by atoms with Gasteiger partial charge in [0.2, 0.25) is 11.8 Å². The summed E-state index contributed by atoms with van der Waals surface area (Å²) in [5.41, 5.74) is 9.22. The Morgan fingerprint density at radius 2 is 1.78 bits per heavy atom. The molecule has 1 aliphatic heterocycles. The predicted molar refractivity (Wildman–Crippen MR) is 143 cm³/mol. The maximum absolute atomic E-state index is 13.1. The van der Waals surface area contributed by atoms with Gasteiger partial charge >= 0.3 is 0 Å². The van der Waals surface area contributed by atoms with Crippen LogP contribution in [0.15, 0.2) is 41.2 Å². The quantitative estimate of drug-likeness (QED) is 0.394. The number of hydrogen-bond donors (Lipinski definition) is 3. The van der Waals surface area contributed by atoms with Gasteiger partial charge in [0.15, 0.2) is 5.43 Å². The number of ether oxygens (including phenoxy) is 1. The molecule has 0 unspecified atom stereocenters. The van der Waals surface area contributed by atoms with E-state index in [4.69, 9.17) is 15.5 Å². The van der Waals surface area contributed by atoms with Crippen molar-refractivity contribution < 1.29 is 14.3 Å². The maximum atomic E-state index is 13.1. The van der Waals surface area contributed by atoms with E-state index in [1.54, 1.807) is 16.7 Å². The van der Waals surface area contributed by atoms with Gasteiger partial charge in [0.1, 0.15) is 11.5 Å². The zero-order valence-corrected chi connectivity index (χ0v) is 21.4. The second kappa shape index (κ2) is 12.0. The summed E-state index contributed by atoms with van der Waals surface area (Å²) in [4.78, 5) is 44.4. The maximum Gasteiger partial charge on any atom is 0.224 e. The van der Waals surface area contributed by atoms with Gasteiger partial charge in [-0.15, -0.1) is 0 Å². The number of carbonyl (C=O) groups is 2. The lowest BCUT2D eigenvalue weighted by Gasteiger charge is -2.26. The largest absolute Gasteiger partial charge is 0.385 e. The van der Waals surface area contributed by atoms with Crippen molar-refractivity contribution in [1.82, 2.24) is 25.1 Å². The lowest BCUT2D eigenvalue weighted by Crippen LogP contribution is -2.41. The summed E-state index contributed by atoms with van der Waals surface area (Å²) in [7, 11) is 1.52. The van der Waals surface area contributed by atoms with Crippen molar-refractivity contribution in [3.8, 4) is 11.3 Å². The van der Waals surface area contributed by atoms with Crippen LogP contribution in [0.2, 0.25) is 0 Å². The minimum absolute atomic E-state index is 0.0140. The van der Waals surface area contributed by atoms with Crippen LogP contribution in [0.3, 0.4) is 0 Å². The number of amides is 2. The number of likely N-dealkylation sites (N-methyl/N-ethyl adjacent to an activating group) is 1. The number of anilines is 1. The zero-order chi connectivity index (χ0) is 26.4. The summed E-state index contributed by atoms with van der Waals surface area (Å²) >= 11 is 0. The van der Waals surface area contributed by atoms with Crippen LogP contribution in [-0.2, 0) is 33.7 Å². The first-order chi connectivity index (χ1) is 17.9. The minimum atomic E-state index is -0.283. The highest BCUT2D eigenvalue weighted by Crippen LogP contribution is 2.23. The van der Waals surface area contributed by atoms with Crippen LogP contribution in [0.5, 0.6) is 0 Å². The fourth-order valence-electron chi connectivity index (χ4n) is 4.51. The van der Waals surface area contributed by atoms with Crippen molar-refractivity contribution in [2.45, 2.75) is 26.3 Å². The molecule has 2 aromatic heterocycles. The molecule has 1 aliphatic rings. The first kappa shape index (κ1) is 26.3. The molecular formula is C27H34N6O4. The summed E-state index contributed by atoms with van der Waals surface area (Å²) in [5, 5.41) is 5.94. The second-order valence-corrected chi connectivity index (χ2v) is 9.03. The topological polar surface area (TPSA) is 132 Å². The Kier molecular flexibility index (Phi) is 8.52. The van der Waals surface area contributed by atoms with E-state index in [2.05, 4.69) is 15.5 Å². The van der Waals surface area contributed by atoms with Crippen LogP contribution < -0.4 is 21.8 Å². The standard InChI is InChI=1S/C27H34N6O4/c1-3-33-26(28)21(17-23(34)29-2)25(36)20-8-9-22(31-27(20)33)19-6-4-18(5-7-19)16-24(35)30-10-11-32-12-14-37-15-13-32/h4-9H,3,10-17,28H2,1-2H3,(H,29,34)(H,30,35). The number of nitrogens with two attached hydrogens (primary N) is 1. The average Bonchev–Trinajstić information content (AvgIpc) is 2.92. The van der Waals surface area contributed by atoms with E-state index >= 15 is 0 Å². The van der Waals surface area contributed by atoms with E-state index in [-0.39, 0.29) is 35.0 Å². The fraction of sp³-hybridized carbons (Fsp3) is 0.407. The van der Waals surface area contributed by atoms with E-state index < -0.39 is 0 Å². The Morgan fingerprint density at radius 1 is 1.05 bits per heavy atom. The fourth-order valence-corrected chi connectivity index (χ4v) is 4.51. The smallest absolute Gasteiger partial charge is 0.224 e. The predicted octanol–water partition coefficient (Wildman–Crippen LogP) is 0.945. The van der Waals surface area contributed by atoms with Gasteiger partial charge in [0, 0.05) is 50.9 Å². The van der Waals surface area contributed by atoms with E-state index in [0.29, 0.717) is 36.2 Å². The third-order valence-electron chi connectivity index (χ3n) is 6.65. The monoisotopic (exact) mass is 506 g/mol. The van der Waals surface area contributed by atoms with Crippen LogP contribution in [-0.4, -0.2) is 72.7 Å². The molecule has 196 valence electrons. The molecule has 37 heavy (non-hydrogen) atoms. The third kappa shape index (κ3) is 6.15. The van der Waals surface area contributed by atoms with Crippen LogP contribution >= 0.6 is 0 Å². The normalized spacial score (nSPS) is 14.0. The van der Waals surface area contributed by atoms with E-state index in [1.807, 2.05) is 31.2 Å². The Balaban J connectivity index is 1.47. The highest BCUT2D eigenvalue weighted by Gasteiger charge is 2.18. The Labute approximate surface area is 215 Å². The second-order valence-electron chi connectivity index (χ2n) is 9.03. The van der Waals surface area contributed by atoms with E-state index in [1.165, 1.54) is 7.05 Å². The first-order valence-electron chi connectivity index (χ1n) is 12.6. The van der Waals surface area contributed by atoms with Gasteiger partial charge in [0.05, 0.1) is 37.1 Å². The average molecular weight is 507 g/mol. The number of carbonyl (C=O) groups excluding carboxylic acids is 2. The van der Waals surface area contributed by atoms with Crippen molar-refractivity contribution in [2.75, 3.05) is 52.2 Å². The highest BCUT2D eigenvalue weighted by molar-refractivity contribution is 5.85. The number of aromatic nitrogens is 2. The molecule has 1 aromatic carbocycles. The number of fused-ring (bicyclic) bond motifs is 1. The number of benzene rings is 1. The number of nitrogens with zero attached hydrogens (tertiary/aromatic N) is 3. The number of hydrogen-bond acceptors (Lipinski definition) is 7. The summed E-state index contributed by atoms with van der Waals surface area (Å²) in [6, 6.07) is 11.2. The van der Waals surface area contributed by atoms with Crippen molar-refractivity contribution in [3.05, 3.63) is 57.7 Å². The minimum Gasteiger partial charge on any atom is -0.385 e. The molecule has 10 heteroatoms. The molecule has 4 rings (SSSR count). The Morgan fingerprint density at radius 3 is 2.46 bits per heavy atom. The van der Waals surface area contributed by atoms with E-state index in [9.17, 15) is 14.4 Å². The first-order valence-corrected chi connectivity index (χ1v) is 12.6. The molecule has 0 spiro atoms. The van der Waals surface area contributed by atoms with Crippen LogP contribution in [0.25, 0.3) is 22.3 Å². The molecular weight excluding hydrogens is 472 g/mol. The number of pyridine rings is 2. The van der Waals surface area contributed by atoms with Crippen molar-refractivity contribution in [1.29, 1.82) is 0 Å². The van der Waals surface area contributed by atoms with Crippen molar-refractivity contribution in [2.24, 2.45) is 0 Å². The number of nitrogen functional groups attached to an aromatic ring is 1. The molecule has 2 amide bonds. The molecule has 0 aliphatic carbocycles. The molecule has 3 aromatic rings. The Bertz CT molecular complexity index is 1330. The van der Waals surface area contributed by atoms with Gasteiger partial charge in [-0.2, -0.15) is 0 Å². The summed E-state index contributed by atoms with van der Waals surface area (Å²) < 4.78 is 7.10. The molecule has 0 saturated carbocycles. The number of nitrogens with one attached hydrogen (secondary N) is 2. The summed E-state index contributed by atoms with van der Waals surface area (Å²) in [5.74, 6) is -0.0377. The third-order valence-corrected chi connectivity index (χ3v) is 6.65. The van der Waals surface area contributed by atoms with Gasteiger partial charge in [-0.1, -0.05) is 24.3 Å². The van der Waals surface area contributed by atoms with Crippen LogP contribution in [0, 0.1) is 0 Å². The molecule has 1 saturated heterocycles. The molecule has 0 bridgehead atoms. The highest BCUT2D eigenvalue weighted by atomic mass is 16.5. The van der Waals surface area contributed by atoms with Crippen LogP contribution in [0.4, 0.5) is 5.82 Å². The zero-order valence-electron chi connectivity index (χ0n) is 21.4. The lowest BCUT2D eigenvalue weighted by atomic mass is 10.0. The number of aryl methyl sites for hydroxylation is 1. The number of morpholine rings is 1. The lowest BCUT2D eigenvalue weighted by molar-refractivity contribution is -0.121. The SMILES string of the molecule is CCn1c(N)c(CC(=O)NC)c(=O)c2ccc(-c3ccc(CC(=O)NCCN4CCOCC4)cc3)nc21. The molecule has 10 nitrogen and oxygen atoms in total. The van der Waals surface area contributed by atoms with Crippen LogP contribution in [0.1, 0.15) is 18.1 Å². The molecule has 4 N–H and O–H groups in total. The molecule has 0 radical (unpaired) electrons. The van der Waals surface area contributed by atoms with Gasteiger partial charge in [-0.05, 0) is 24.6 Å². The van der Waals surface area contributed by atoms with Gasteiger partial charge in [-0.3, -0.25) is 19.3 Å². The van der Waals surface area contributed by atoms with E-state index in [0.717, 1.165) is 44.0 Å². The molecule has 3 heterocycles. The van der Waals surface area contributed by atoms with Gasteiger partial charge < -0.3 is 25.7 Å². The molecule has 1 fully saturated rings. The summed E-state index contributed by atoms with van der Waals surface area (Å²) in [6.45, 7) is 7.15. The van der Waals surface area contributed by atoms with Crippen molar-refractivity contribution in [3.63, 3.8) is 0 Å². The molecule has 0 atom stereocenters. The van der Waals surface area contributed by atoms with Crippen molar-refractivity contribution >= 4 is 28.7 Å². The number of rotatable bonds is 9. The Hall–Kier alpha value is -3.76. The summed E-state index contributed by atoms with van der Waals surface area (Å²) in [6.07, 6.45) is 0.218. The van der Waals surface area contributed by atoms with Gasteiger partial charge in [0.25, 0.3) is 0 Å².